The second-order valence-corrected chi connectivity index (χ2v) is 6.25. The number of hydrogen-bond donors (Lipinski definition) is 0. The summed E-state index contributed by atoms with van der Waals surface area (Å²) in [5.41, 5.74) is 0.250. The molecule has 20 heavy (non-hydrogen) atoms. The molecule has 2 saturated heterocycles. The molecular formula is C13H10BrClFN3O. The number of ether oxygens (including phenoxy) is 1. The summed E-state index contributed by atoms with van der Waals surface area (Å²) in [5, 5.41) is 0.752. The fraction of sp³-hybridized carbons (Fsp3) is 0.385. The van der Waals surface area contributed by atoms with E-state index >= 15 is 0 Å². The summed E-state index contributed by atoms with van der Waals surface area (Å²) in [7, 11) is 0. The molecule has 2 fully saturated rings. The van der Waals surface area contributed by atoms with Crippen LogP contribution < -0.4 is 4.90 Å². The van der Waals surface area contributed by atoms with Gasteiger partial charge in [-0.25, -0.2) is 9.37 Å². The molecule has 2 unspecified atom stereocenters. The summed E-state index contributed by atoms with van der Waals surface area (Å²) in [4.78, 5) is 10.5. The maximum atomic E-state index is 14.2. The predicted octanol–water partition coefficient (Wildman–Crippen LogP) is 3.16. The van der Waals surface area contributed by atoms with Crippen LogP contribution in [0.2, 0.25) is 5.28 Å². The van der Waals surface area contributed by atoms with E-state index in [0.29, 0.717) is 41.0 Å². The normalized spacial score (nSPS) is 24.9. The van der Waals surface area contributed by atoms with Gasteiger partial charge in [0.1, 0.15) is 11.3 Å². The number of hydrogen-bond acceptors (Lipinski definition) is 4. The molecule has 2 aliphatic heterocycles. The Hall–Kier alpha value is -0.980. The van der Waals surface area contributed by atoms with Crippen LogP contribution in [0.15, 0.2) is 16.6 Å². The highest BCUT2D eigenvalue weighted by molar-refractivity contribution is 9.10. The second kappa shape index (κ2) is 4.51. The summed E-state index contributed by atoms with van der Waals surface area (Å²) < 4.78 is 20.0. The van der Waals surface area contributed by atoms with Crippen LogP contribution in [0.1, 0.15) is 6.42 Å². The van der Waals surface area contributed by atoms with Gasteiger partial charge in [0.2, 0.25) is 5.28 Å². The van der Waals surface area contributed by atoms with Gasteiger partial charge in [-0.1, -0.05) is 0 Å². The van der Waals surface area contributed by atoms with E-state index < -0.39 is 5.82 Å². The van der Waals surface area contributed by atoms with E-state index in [1.54, 1.807) is 6.07 Å². The molecule has 0 aliphatic carbocycles. The first-order valence-corrected chi connectivity index (χ1v) is 7.49. The van der Waals surface area contributed by atoms with Crippen molar-refractivity contribution in [1.29, 1.82) is 0 Å². The van der Waals surface area contributed by atoms with Gasteiger partial charge in [0, 0.05) is 5.39 Å². The molecule has 2 aromatic rings. The van der Waals surface area contributed by atoms with Crippen molar-refractivity contribution in [3.8, 4) is 0 Å². The van der Waals surface area contributed by atoms with Crippen LogP contribution >= 0.6 is 27.5 Å². The number of rotatable bonds is 1. The molecule has 0 spiro atoms. The first kappa shape index (κ1) is 12.7. The topological polar surface area (TPSA) is 38.2 Å². The molecule has 3 heterocycles. The van der Waals surface area contributed by atoms with Gasteiger partial charge < -0.3 is 9.64 Å². The number of benzene rings is 1. The summed E-state index contributed by atoms with van der Waals surface area (Å²) in [5.74, 6) is 0.297. The summed E-state index contributed by atoms with van der Waals surface area (Å²) >= 11 is 9.14. The van der Waals surface area contributed by atoms with E-state index in [-0.39, 0.29) is 10.8 Å². The van der Waals surface area contributed by atoms with Crippen LogP contribution in [0.25, 0.3) is 10.9 Å². The molecule has 0 N–H and O–H groups in total. The first-order valence-electron chi connectivity index (χ1n) is 6.32. The lowest BCUT2D eigenvalue weighted by Crippen LogP contribution is -2.64. The van der Waals surface area contributed by atoms with Crippen molar-refractivity contribution in [2.24, 2.45) is 0 Å². The van der Waals surface area contributed by atoms with Gasteiger partial charge in [0.25, 0.3) is 0 Å². The minimum Gasteiger partial charge on any atom is -0.377 e. The van der Waals surface area contributed by atoms with E-state index in [9.17, 15) is 4.39 Å². The van der Waals surface area contributed by atoms with Crippen molar-refractivity contribution in [2.75, 3.05) is 18.1 Å². The van der Waals surface area contributed by atoms with Crippen LogP contribution in [0.3, 0.4) is 0 Å². The van der Waals surface area contributed by atoms with Gasteiger partial charge in [0.15, 0.2) is 5.82 Å². The second-order valence-electron chi connectivity index (χ2n) is 5.06. The van der Waals surface area contributed by atoms with Crippen molar-refractivity contribution in [3.63, 3.8) is 0 Å². The molecule has 4 nitrogen and oxygen atoms in total. The minimum absolute atomic E-state index is 0.0652. The fourth-order valence-corrected chi connectivity index (χ4v) is 3.46. The molecule has 7 heteroatoms. The number of morpholine rings is 1. The van der Waals surface area contributed by atoms with E-state index in [0.717, 1.165) is 6.42 Å². The van der Waals surface area contributed by atoms with Gasteiger partial charge in [-0.15, -0.1) is 0 Å². The summed E-state index contributed by atoms with van der Waals surface area (Å²) in [6, 6.07) is 4.09. The first-order chi connectivity index (χ1) is 9.65. The van der Waals surface area contributed by atoms with Crippen LogP contribution in [-0.2, 0) is 4.74 Å². The third-order valence-corrected chi connectivity index (χ3v) is 4.69. The molecule has 104 valence electrons. The Bertz CT molecular complexity index is 700. The number of anilines is 1. The van der Waals surface area contributed by atoms with Gasteiger partial charge in [-0.2, -0.15) is 4.98 Å². The zero-order valence-corrected chi connectivity index (χ0v) is 12.7. The Morgan fingerprint density at radius 3 is 2.75 bits per heavy atom. The molecule has 0 saturated carbocycles. The van der Waals surface area contributed by atoms with Crippen molar-refractivity contribution in [2.45, 2.75) is 18.5 Å². The zero-order chi connectivity index (χ0) is 13.9. The molecule has 2 aliphatic rings. The molecule has 1 aromatic carbocycles. The van der Waals surface area contributed by atoms with Crippen LogP contribution in [0.5, 0.6) is 0 Å². The summed E-state index contributed by atoms with van der Waals surface area (Å²) in [6.45, 7) is 1.36. The highest BCUT2D eigenvalue weighted by Gasteiger charge is 2.43. The van der Waals surface area contributed by atoms with Crippen LogP contribution in [-0.4, -0.2) is 35.3 Å². The van der Waals surface area contributed by atoms with E-state index in [1.807, 2.05) is 6.07 Å². The average molecular weight is 359 g/mol. The monoisotopic (exact) mass is 357 g/mol. The number of nitrogens with zero attached hydrogens (tertiary/aromatic N) is 3. The van der Waals surface area contributed by atoms with E-state index in [4.69, 9.17) is 16.3 Å². The number of halogens is 3. The standard InChI is InChI=1S/C13H10BrClFN3O/c14-9-2-1-8-11(10(9)16)17-13(15)18-12(8)19-6-3-7(19)5-20-4-6/h1-2,6-7H,3-5H2. The molecule has 2 atom stereocenters. The maximum absolute atomic E-state index is 14.2. The smallest absolute Gasteiger partial charge is 0.225 e. The molecule has 4 rings (SSSR count). The van der Waals surface area contributed by atoms with Crippen molar-refractivity contribution in [3.05, 3.63) is 27.7 Å². The van der Waals surface area contributed by atoms with Gasteiger partial charge >= 0.3 is 0 Å². The Morgan fingerprint density at radius 2 is 2.05 bits per heavy atom. The lowest BCUT2D eigenvalue weighted by Gasteiger charge is -2.53. The molecular weight excluding hydrogens is 349 g/mol. The largest absolute Gasteiger partial charge is 0.377 e. The average Bonchev–Trinajstić information content (AvgIpc) is 2.44. The molecule has 0 radical (unpaired) electrons. The van der Waals surface area contributed by atoms with E-state index in [1.165, 1.54) is 0 Å². The van der Waals surface area contributed by atoms with Crippen LogP contribution in [0, 0.1) is 5.82 Å². The van der Waals surface area contributed by atoms with Crippen LogP contribution in [0.4, 0.5) is 10.2 Å². The Kier molecular flexibility index (Phi) is 2.87. The number of aromatic nitrogens is 2. The Balaban J connectivity index is 1.93. The maximum Gasteiger partial charge on any atom is 0.225 e. The Labute approximate surface area is 128 Å². The fourth-order valence-electron chi connectivity index (χ4n) is 2.98. The van der Waals surface area contributed by atoms with Crippen molar-refractivity contribution in [1.82, 2.24) is 9.97 Å². The van der Waals surface area contributed by atoms with Gasteiger partial charge in [-0.05, 0) is 46.1 Å². The zero-order valence-electron chi connectivity index (χ0n) is 10.3. The minimum atomic E-state index is -0.407. The predicted molar refractivity (Wildman–Crippen MR) is 77.7 cm³/mol. The number of fused-ring (bicyclic) bond motifs is 3. The van der Waals surface area contributed by atoms with Crippen molar-refractivity contribution < 1.29 is 9.13 Å². The molecule has 1 aromatic heterocycles. The van der Waals surface area contributed by atoms with Gasteiger partial charge in [-0.3, -0.25) is 0 Å². The SMILES string of the molecule is Fc1c(Br)ccc2c(N3C4COCC3C4)nc(Cl)nc12. The van der Waals surface area contributed by atoms with E-state index in [2.05, 4.69) is 30.8 Å². The Morgan fingerprint density at radius 1 is 1.30 bits per heavy atom. The third kappa shape index (κ3) is 1.75. The molecule has 2 bridgehead atoms. The third-order valence-electron chi connectivity index (χ3n) is 3.91. The van der Waals surface area contributed by atoms with Crippen molar-refractivity contribution >= 4 is 44.3 Å². The van der Waals surface area contributed by atoms with Gasteiger partial charge in [0.05, 0.1) is 29.8 Å². The highest BCUT2D eigenvalue weighted by Crippen LogP contribution is 2.39. The lowest BCUT2D eigenvalue weighted by molar-refractivity contribution is 0.00991. The summed E-state index contributed by atoms with van der Waals surface area (Å²) in [6.07, 6.45) is 1.09. The lowest BCUT2D eigenvalue weighted by atomic mass is 9.91. The molecule has 0 amide bonds. The quantitative estimate of drug-likeness (QED) is 0.734. The highest BCUT2D eigenvalue weighted by atomic mass is 79.9.